The van der Waals surface area contributed by atoms with Gasteiger partial charge in [-0.3, -0.25) is 0 Å². The first-order valence-electron chi connectivity index (χ1n) is 9.07. The number of halogens is 2. The van der Waals surface area contributed by atoms with E-state index in [9.17, 15) is 4.79 Å². The van der Waals surface area contributed by atoms with Crippen LogP contribution in [0.15, 0.2) is 71.2 Å². The Labute approximate surface area is 182 Å². The van der Waals surface area contributed by atoms with Crippen molar-refractivity contribution in [2.24, 2.45) is 0 Å². The van der Waals surface area contributed by atoms with Gasteiger partial charge in [-0.25, -0.2) is 9.78 Å². The van der Waals surface area contributed by atoms with Gasteiger partial charge in [-0.15, -0.1) is 0 Å². The first kappa shape index (κ1) is 19.6. The van der Waals surface area contributed by atoms with E-state index in [0.29, 0.717) is 22.0 Å². The number of fused-ring (bicyclic) bond motifs is 1. The third-order valence-electron chi connectivity index (χ3n) is 4.70. The lowest BCUT2D eigenvalue weighted by Crippen LogP contribution is -2.10. The Balaban J connectivity index is 1.79. The third-order valence-corrected chi connectivity index (χ3v) is 5.82. The van der Waals surface area contributed by atoms with Gasteiger partial charge in [0.2, 0.25) is 0 Å². The van der Waals surface area contributed by atoms with Crippen LogP contribution in [-0.4, -0.2) is 11.0 Å². The molecule has 0 radical (unpaired) electrons. The summed E-state index contributed by atoms with van der Waals surface area (Å²) < 4.78 is 6.68. The van der Waals surface area contributed by atoms with E-state index < -0.39 is 5.97 Å². The Morgan fingerprint density at radius 1 is 0.966 bits per heavy atom. The molecule has 5 heteroatoms. The number of nitrogens with zero attached hydrogens (tertiary/aromatic N) is 1. The number of esters is 1. The molecule has 0 atom stereocenters. The van der Waals surface area contributed by atoms with Crippen molar-refractivity contribution in [1.82, 2.24) is 4.98 Å². The minimum atomic E-state index is -0.428. The van der Waals surface area contributed by atoms with E-state index in [1.54, 1.807) is 18.2 Å². The molecule has 1 aromatic heterocycles. The number of aryl methyl sites for hydroxylation is 2. The summed E-state index contributed by atoms with van der Waals surface area (Å²) >= 11 is 9.67. The number of para-hydroxylation sites is 1. The minimum Gasteiger partial charge on any atom is -0.423 e. The molecule has 0 saturated heterocycles. The maximum atomic E-state index is 13.1. The quantitative estimate of drug-likeness (QED) is 0.238. The second-order valence-corrected chi connectivity index (χ2v) is 8.13. The third kappa shape index (κ3) is 4.04. The van der Waals surface area contributed by atoms with E-state index in [4.69, 9.17) is 21.3 Å². The van der Waals surface area contributed by atoms with Crippen LogP contribution in [0.3, 0.4) is 0 Å². The van der Waals surface area contributed by atoms with Crippen molar-refractivity contribution < 1.29 is 9.53 Å². The number of pyridine rings is 1. The summed E-state index contributed by atoms with van der Waals surface area (Å²) in [5.41, 5.74) is 4.58. The molecule has 4 aromatic rings. The molecule has 0 amide bonds. The van der Waals surface area contributed by atoms with Gasteiger partial charge in [-0.2, -0.15) is 0 Å². The van der Waals surface area contributed by atoms with E-state index in [1.807, 2.05) is 62.4 Å². The van der Waals surface area contributed by atoms with Gasteiger partial charge in [0, 0.05) is 20.4 Å². The fraction of sp³-hybridized carbons (Fsp3) is 0.0833. The molecular formula is C24H17BrClNO2. The number of benzene rings is 3. The normalized spacial score (nSPS) is 10.9. The second kappa shape index (κ2) is 7.97. The molecule has 0 bridgehead atoms. The highest BCUT2D eigenvalue weighted by atomic mass is 79.9. The summed E-state index contributed by atoms with van der Waals surface area (Å²) in [7, 11) is 0. The molecule has 0 fully saturated rings. The first-order valence-corrected chi connectivity index (χ1v) is 10.2. The molecule has 29 heavy (non-hydrogen) atoms. The zero-order chi connectivity index (χ0) is 20.5. The van der Waals surface area contributed by atoms with Gasteiger partial charge in [-0.1, -0.05) is 57.9 Å². The minimum absolute atomic E-state index is 0.428. The second-order valence-electron chi connectivity index (χ2n) is 6.84. The van der Waals surface area contributed by atoms with Crippen LogP contribution in [0.4, 0.5) is 0 Å². The van der Waals surface area contributed by atoms with Crippen molar-refractivity contribution in [3.8, 4) is 17.0 Å². The molecule has 0 aliphatic heterocycles. The number of carbonyl (C=O) groups is 1. The van der Waals surface area contributed by atoms with Gasteiger partial charge in [0.05, 0.1) is 16.8 Å². The van der Waals surface area contributed by atoms with Gasteiger partial charge in [-0.05, 0) is 61.4 Å². The van der Waals surface area contributed by atoms with Gasteiger partial charge in [0.25, 0.3) is 0 Å². The molecule has 144 valence electrons. The van der Waals surface area contributed by atoms with E-state index >= 15 is 0 Å². The molecule has 4 rings (SSSR count). The van der Waals surface area contributed by atoms with Crippen molar-refractivity contribution in [1.29, 1.82) is 0 Å². The number of hydrogen-bond acceptors (Lipinski definition) is 3. The Hall–Kier alpha value is -2.69. The van der Waals surface area contributed by atoms with E-state index in [2.05, 4.69) is 15.9 Å². The predicted octanol–water partition coefficient (Wildman–Crippen LogP) is 7.15. The van der Waals surface area contributed by atoms with Crippen LogP contribution < -0.4 is 4.74 Å². The lowest BCUT2D eigenvalue weighted by molar-refractivity contribution is 0.0736. The lowest BCUT2D eigenvalue weighted by atomic mass is 10.0. The van der Waals surface area contributed by atoms with Crippen LogP contribution in [0.5, 0.6) is 5.75 Å². The van der Waals surface area contributed by atoms with E-state index in [1.165, 1.54) is 0 Å². The summed E-state index contributed by atoms with van der Waals surface area (Å²) in [5, 5.41) is 1.43. The monoisotopic (exact) mass is 465 g/mol. The Morgan fingerprint density at radius 3 is 2.31 bits per heavy atom. The number of aromatic nitrogens is 1. The lowest BCUT2D eigenvalue weighted by Gasteiger charge is -2.12. The molecule has 0 unspecified atom stereocenters. The zero-order valence-corrected chi connectivity index (χ0v) is 18.2. The van der Waals surface area contributed by atoms with Crippen LogP contribution >= 0.6 is 27.5 Å². The Bertz CT molecular complexity index is 1210. The average Bonchev–Trinajstić information content (AvgIpc) is 2.71. The standard InChI is InChI=1S/C24H17BrClNO2/c1-14-11-18(12-15(2)23(14)26)29-24(28)20-13-22(16-7-9-17(25)10-8-16)27-21-6-4-3-5-19(20)21/h3-13H,1-2H3. The van der Waals surface area contributed by atoms with Gasteiger partial charge in [0.15, 0.2) is 0 Å². The highest BCUT2D eigenvalue weighted by Crippen LogP contribution is 2.29. The molecular weight excluding hydrogens is 450 g/mol. The van der Waals surface area contributed by atoms with Crippen molar-refractivity contribution in [2.75, 3.05) is 0 Å². The van der Waals surface area contributed by atoms with Crippen molar-refractivity contribution in [3.05, 3.63) is 92.9 Å². The van der Waals surface area contributed by atoms with Crippen LogP contribution in [0, 0.1) is 13.8 Å². The van der Waals surface area contributed by atoms with Crippen molar-refractivity contribution >= 4 is 44.4 Å². The number of carbonyl (C=O) groups excluding carboxylic acids is 1. The molecule has 1 heterocycles. The van der Waals surface area contributed by atoms with Gasteiger partial charge in [0.1, 0.15) is 5.75 Å². The van der Waals surface area contributed by atoms with Crippen LogP contribution in [0.1, 0.15) is 21.5 Å². The van der Waals surface area contributed by atoms with Crippen molar-refractivity contribution in [2.45, 2.75) is 13.8 Å². The summed E-state index contributed by atoms with van der Waals surface area (Å²) in [4.78, 5) is 17.8. The molecule has 3 aromatic carbocycles. The van der Waals surface area contributed by atoms with Crippen LogP contribution in [-0.2, 0) is 0 Å². The maximum Gasteiger partial charge on any atom is 0.344 e. The van der Waals surface area contributed by atoms with E-state index in [-0.39, 0.29) is 0 Å². The van der Waals surface area contributed by atoms with Crippen molar-refractivity contribution in [3.63, 3.8) is 0 Å². The molecule has 3 nitrogen and oxygen atoms in total. The molecule has 0 saturated carbocycles. The topological polar surface area (TPSA) is 39.2 Å². The largest absolute Gasteiger partial charge is 0.423 e. The maximum absolute atomic E-state index is 13.1. The highest BCUT2D eigenvalue weighted by molar-refractivity contribution is 9.10. The molecule has 0 N–H and O–H groups in total. The smallest absolute Gasteiger partial charge is 0.344 e. The van der Waals surface area contributed by atoms with Gasteiger partial charge < -0.3 is 4.74 Å². The summed E-state index contributed by atoms with van der Waals surface area (Å²) in [6.07, 6.45) is 0. The van der Waals surface area contributed by atoms with Crippen LogP contribution in [0.2, 0.25) is 5.02 Å². The SMILES string of the molecule is Cc1cc(OC(=O)c2cc(-c3ccc(Br)cc3)nc3ccccc23)cc(C)c1Cl. The fourth-order valence-corrected chi connectivity index (χ4v) is 3.61. The summed E-state index contributed by atoms with van der Waals surface area (Å²) in [5.74, 6) is 0.0450. The van der Waals surface area contributed by atoms with Crippen LogP contribution in [0.25, 0.3) is 22.2 Å². The highest BCUT2D eigenvalue weighted by Gasteiger charge is 2.17. The van der Waals surface area contributed by atoms with Gasteiger partial charge >= 0.3 is 5.97 Å². The molecule has 0 aliphatic carbocycles. The first-order chi connectivity index (χ1) is 13.9. The zero-order valence-electron chi connectivity index (χ0n) is 15.9. The Morgan fingerprint density at radius 2 is 1.62 bits per heavy atom. The summed E-state index contributed by atoms with van der Waals surface area (Å²) in [6, 6.07) is 20.7. The average molecular weight is 467 g/mol. The molecule has 0 spiro atoms. The fourth-order valence-electron chi connectivity index (χ4n) is 3.24. The number of ether oxygens (including phenoxy) is 1. The number of rotatable bonds is 3. The molecule has 0 aliphatic rings. The Kier molecular flexibility index (Phi) is 5.39. The van der Waals surface area contributed by atoms with E-state index in [0.717, 1.165) is 32.1 Å². The predicted molar refractivity (Wildman–Crippen MR) is 121 cm³/mol. The summed E-state index contributed by atoms with van der Waals surface area (Å²) in [6.45, 7) is 3.78. The number of hydrogen-bond donors (Lipinski definition) is 0.